The van der Waals surface area contributed by atoms with Gasteiger partial charge in [0.2, 0.25) is 5.95 Å². The molecule has 3 rings (SSSR count). The first kappa shape index (κ1) is 19.4. The number of para-hydroxylation sites is 2. The van der Waals surface area contributed by atoms with Crippen LogP contribution in [0.4, 0.5) is 28.8 Å². The van der Waals surface area contributed by atoms with E-state index in [9.17, 15) is 0 Å². The van der Waals surface area contributed by atoms with Gasteiger partial charge in [-0.05, 0) is 57.2 Å². The molecule has 1 aromatic heterocycles. The first-order valence-corrected chi connectivity index (χ1v) is 9.54. The Morgan fingerprint density at radius 3 is 2.39 bits per heavy atom. The van der Waals surface area contributed by atoms with E-state index in [4.69, 9.17) is 4.74 Å². The van der Waals surface area contributed by atoms with Crippen LogP contribution in [0, 0.1) is 0 Å². The van der Waals surface area contributed by atoms with Gasteiger partial charge in [0.05, 0.1) is 18.5 Å². The van der Waals surface area contributed by atoms with Gasteiger partial charge in [-0.15, -0.1) is 5.10 Å². The molecule has 0 spiro atoms. The van der Waals surface area contributed by atoms with E-state index >= 15 is 0 Å². The van der Waals surface area contributed by atoms with Gasteiger partial charge < -0.3 is 20.3 Å². The number of hydrogen-bond donors (Lipinski definition) is 2. The lowest BCUT2D eigenvalue weighted by Gasteiger charge is -2.21. The van der Waals surface area contributed by atoms with Crippen LogP contribution in [0.2, 0.25) is 0 Å². The minimum Gasteiger partial charge on any atom is -0.492 e. The maximum Gasteiger partial charge on any atom is 0.249 e. The first-order chi connectivity index (χ1) is 13.7. The molecule has 0 aliphatic heterocycles. The van der Waals surface area contributed by atoms with Gasteiger partial charge in [0, 0.05) is 24.5 Å². The fourth-order valence-electron chi connectivity index (χ4n) is 2.88. The Kier molecular flexibility index (Phi) is 6.62. The molecule has 0 unspecified atom stereocenters. The van der Waals surface area contributed by atoms with Gasteiger partial charge in [-0.1, -0.05) is 12.1 Å². The van der Waals surface area contributed by atoms with E-state index < -0.39 is 0 Å². The summed E-state index contributed by atoms with van der Waals surface area (Å²) in [5.41, 5.74) is 2.93. The molecule has 0 atom stereocenters. The summed E-state index contributed by atoms with van der Waals surface area (Å²) in [5, 5.41) is 14.5. The molecule has 0 radical (unpaired) electrons. The number of aromatic nitrogens is 3. The summed E-state index contributed by atoms with van der Waals surface area (Å²) in [6.45, 7) is 8.81. The van der Waals surface area contributed by atoms with Crippen LogP contribution in [-0.2, 0) is 0 Å². The Hall–Kier alpha value is -3.35. The highest BCUT2D eigenvalue weighted by Crippen LogP contribution is 2.27. The van der Waals surface area contributed by atoms with E-state index in [1.165, 1.54) is 5.69 Å². The smallest absolute Gasteiger partial charge is 0.249 e. The largest absolute Gasteiger partial charge is 0.492 e. The van der Waals surface area contributed by atoms with Crippen molar-refractivity contribution in [2.45, 2.75) is 20.8 Å². The van der Waals surface area contributed by atoms with Gasteiger partial charge in [0.15, 0.2) is 5.82 Å². The molecule has 0 saturated carbocycles. The molecular weight excluding hydrogens is 352 g/mol. The second-order valence-electron chi connectivity index (χ2n) is 6.06. The molecule has 3 aromatic rings. The second-order valence-corrected chi connectivity index (χ2v) is 6.06. The van der Waals surface area contributed by atoms with Gasteiger partial charge in [0.1, 0.15) is 5.75 Å². The molecule has 0 saturated heterocycles. The van der Waals surface area contributed by atoms with Crippen molar-refractivity contribution in [2.24, 2.45) is 0 Å². The highest BCUT2D eigenvalue weighted by atomic mass is 16.5. The summed E-state index contributed by atoms with van der Waals surface area (Å²) >= 11 is 0. The SMILES string of the molecule is CCOc1ccccc1Nc1cnnc(Nc2ccc(N(CC)CC)cc2)n1. The number of nitrogens with zero attached hydrogens (tertiary/aromatic N) is 4. The van der Waals surface area contributed by atoms with Crippen LogP contribution in [0.5, 0.6) is 5.75 Å². The van der Waals surface area contributed by atoms with Crippen LogP contribution in [0.3, 0.4) is 0 Å². The Bertz CT molecular complexity index is 880. The molecule has 1 heterocycles. The van der Waals surface area contributed by atoms with Crippen molar-refractivity contribution in [3.63, 3.8) is 0 Å². The molecule has 2 N–H and O–H groups in total. The number of hydrogen-bond acceptors (Lipinski definition) is 7. The Morgan fingerprint density at radius 2 is 1.68 bits per heavy atom. The molecule has 0 aliphatic carbocycles. The predicted octanol–water partition coefficient (Wildman–Crippen LogP) is 4.60. The standard InChI is InChI=1S/C21H26N6O/c1-4-27(5-2)17-13-11-16(12-14-17)23-21-25-20(15-22-26-21)24-18-9-7-8-10-19(18)28-6-3/h7-15H,4-6H2,1-3H3,(H2,23,24,25,26). The minimum atomic E-state index is 0.425. The number of benzene rings is 2. The van der Waals surface area contributed by atoms with Gasteiger partial charge in [0.25, 0.3) is 0 Å². The molecule has 28 heavy (non-hydrogen) atoms. The van der Waals surface area contributed by atoms with Gasteiger partial charge in [-0.25, -0.2) is 0 Å². The first-order valence-electron chi connectivity index (χ1n) is 9.54. The molecule has 146 valence electrons. The third-order valence-corrected chi connectivity index (χ3v) is 4.26. The van der Waals surface area contributed by atoms with Crippen molar-refractivity contribution in [3.8, 4) is 5.75 Å². The van der Waals surface area contributed by atoms with Crippen molar-refractivity contribution in [3.05, 3.63) is 54.7 Å². The number of anilines is 5. The molecule has 0 bridgehead atoms. The molecule has 0 amide bonds. The summed E-state index contributed by atoms with van der Waals surface area (Å²) in [4.78, 5) is 6.79. The fraction of sp³-hybridized carbons (Fsp3) is 0.286. The van der Waals surface area contributed by atoms with E-state index in [0.717, 1.165) is 30.2 Å². The Labute approximate surface area is 165 Å². The van der Waals surface area contributed by atoms with E-state index in [0.29, 0.717) is 18.4 Å². The Balaban J connectivity index is 1.72. The number of nitrogens with one attached hydrogen (secondary N) is 2. The summed E-state index contributed by atoms with van der Waals surface area (Å²) in [6, 6.07) is 15.9. The molecular formula is C21H26N6O. The lowest BCUT2D eigenvalue weighted by Crippen LogP contribution is -2.21. The summed E-state index contributed by atoms with van der Waals surface area (Å²) in [7, 11) is 0. The van der Waals surface area contributed by atoms with E-state index in [2.05, 4.69) is 56.7 Å². The van der Waals surface area contributed by atoms with E-state index in [1.807, 2.05) is 43.3 Å². The van der Waals surface area contributed by atoms with Crippen LogP contribution in [0.25, 0.3) is 0 Å². The summed E-state index contributed by atoms with van der Waals surface area (Å²) in [6.07, 6.45) is 1.58. The molecule has 0 aliphatic rings. The van der Waals surface area contributed by atoms with Crippen LogP contribution in [0.15, 0.2) is 54.7 Å². The average molecular weight is 378 g/mol. The van der Waals surface area contributed by atoms with Gasteiger partial charge >= 0.3 is 0 Å². The van der Waals surface area contributed by atoms with Crippen molar-refractivity contribution < 1.29 is 4.74 Å². The maximum absolute atomic E-state index is 5.64. The van der Waals surface area contributed by atoms with Crippen molar-refractivity contribution >= 4 is 28.8 Å². The zero-order valence-electron chi connectivity index (χ0n) is 16.5. The quantitative estimate of drug-likeness (QED) is 0.563. The van der Waals surface area contributed by atoms with Crippen molar-refractivity contribution in [2.75, 3.05) is 35.2 Å². The molecule has 0 fully saturated rings. The summed E-state index contributed by atoms with van der Waals surface area (Å²) < 4.78 is 5.64. The molecule has 2 aromatic carbocycles. The normalized spacial score (nSPS) is 10.4. The minimum absolute atomic E-state index is 0.425. The van der Waals surface area contributed by atoms with Gasteiger partial charge in [-0.3, -0.25) is 0 Å². The number of ether oxygens (including phenoxy) is 1. The fourth-order valence-corrected chi connectivity index (χ4v) is 2.88. The average Bonchev–Trinajstić information content (AvgIpc) is 2.72. The molecule has 7 heteroatoms. The highest BCUT2D eigenvalue weighted by Gasteiger charge is 2.07. The zero-order valence-corrected chi connectivity index (χ0v) is 16.5. The lowest BCUT2D eigenvalue weighted by atomic mass is 10.2. The van der Waals surface area contributed by atoms with Crippen molar-refractivity contribution in [1.82, 2.24) is 15.2 Å². The monoisotopic (exact) mass is 378 g/mol. The third-order valence-electron chi connectivity index (χ3n) is 4.26. The van der Waals surface area contributed by atoms with Crippen LogP contribution >= 0.6 is 0 Å². The number of rotatable bonds is 9. The second kappa shape index (κ2) is 9.55. The van der Waals surface area contributed by atoms with Crippen LogP contribution in [0.1, 0.15) is 20.8 Å². The highest BCUT2D eigenvalue weighted by molar-refractivity contribution is 5.65. The van der Waals surface area contributed by atoms with Crippen LogP contribution < -0.4 is 20.3 Å². The topological polar surface area (TPSA) is 75.2 Å². The van der Waals surface area contributed by atoms with Crippen molar-refractivity contribution in [1.29, 1.82) is 0 Å². The van der Waals surface area contributed by atoms with Crippen LogP contribution in [-0.4, -0.2) is 34.9 Å². The van der Waals surface area contributed by atoms with E-state index in [-0.39, 0.29) is 0 Å². The maximum atomic E-state index is 5.64. The molecule has 7 nitrogen and oxygen atoms in total. The lowest BCUT2D eigenvalue weighted by molar-refractivity contribution is 0.342. The van der Waals surface area contributed by atoms with E-state index in [1.54, 1.807) is 6.20 Å². The third kappa shape index (κ3) is 4.88. The predicted molar refractivity (Wildman–Crippen MR) is 114 cm³/mol. The summed E-state index contributed by atoms with van der Waals surface area (Å²) in [5.74, 6) is 1.78. The Morgan fingerprint density at radius 1 is 0.929 bits per heavy atom. The zero-order chi connectivity index (χ0) is 19.8. The van der Waals surface area contributed by atoms with Gasteiger partial charge in [-0.2, -0.15) is 10.1 Å².